The fourth-order valence-electron chi connectivity index (χ4n) is 3.10. The lowest BCUT2D eigenvalue weighted by Crippen LogP contribution is -2.54. The van der Waals surface area contributed by atoms with Crippen LogP contribution in [0.5, 0.6) is 0 Å². The molecule has 1 aliphatic rings. The fraction of sp³-hybridized carbons (Fsp3) is 0.667. The average Bonchev–Trinajstić information content (AvgIpc) is 2.47. The van der Waals surface area contributed by atoms with E-state index in [2.05, 4.69) is 62.2 Å². The van der Waals surface area contributed by atoms with Gasteiger partial charge in [0, 0.05) is 25.2 Å². The summed E-state index contributed by atoms with van der Waals surface area (Å²) < 4.78 is 6.07. The van der Waals surface area contributed by atoms with E-state index in [1.165, 1.54) is 11.1 Å². The van der Waals surface area contributed by atoms with Crippen LogP contribution in [0.25, 0.3) is 0 Å². The van der Waals surface area contributed by atoms with Crippen molar-refractivity contribution < 1.29 is 4.74 Å². The Labute approximate surface area is 129 Å². The second-order valence-corrected chi connectivity index (χ2v) is 6.36. The highest BCUT2D eigenvalue weighted by Crippen LogP contribution is 2.16. The van der Waals surface area contributed by atoms with Crippen LogP contribution >= 0.6 is 0 Å². The molecule has 1 aromatic carbocycles. The van der Waals surface area contributed by atoms with Crippen molar-refractivity contribution in [2.45, 2.75) is 52.3 Å². The van der Waals surface area contributed by atoms with Gasteiger partial charge in [0.05, 0.1) is 12.7 Å². The summed E-state index contributed by atoms with van der Waals surface area (Å²) in [6.07, 6.45) is 1.31. The highest BCUT2D eigenvalue weighted by Gasteiger charge is 2.28. The van der Waals surface area contributed by atoms with Gasteiger partial charge in [-0.25, -0.2) is 0 Å². The van der Waals surface area contributed by atoms with Crippen LogP contribution in [0.2, 0.25) is 0 Å². The van der Waals surface area contributed by atoms with Gasteiger partial charge in [0.1, 0.15) is 0 Å². The molecule has 118 valence electrons. The monoisotopic (exact) mass is 290 g/mol. The molecule has 1 aliphatic heterocycles. The van der Waals surface area contributed by atoms with Crippen molar-refractivity contribution in [1.82, 2.24) is 10.2 Å². The first kappa shape index (κ1) is 16.5. The van der Waals surface area contributed by atoms with E-state index in [9.17, 15) is 0 Å². The van der Waals surface area contributed by atoms with Crippen LogP contribution in [0.15, 0.2) is 24.3 Å². The number of hydrogen-bond donors (Lipinski definition) is 1. The zero-order valence-corrected chi connectivity index (χ0v) is 13.9. The molecule has 2 unspecified atom stereocenters. The van der Waals surface area contributed by atoms with Crippen LogP contribution in [0, 0.1) is 6.92 Å². The summed E-state index contributed by atoms with van der Waals surface area (Å²) in [6, 6.07) is 9.79. The Morgan fingerprint density at radius 3 is 2.86 bits per heavy atom. The highest BCUT2D eigenvalue weighted by atomic mass is 16.5. The topological polar surface area (TPSA) is 24.5 Å². The van der Waals surface area contributed by atoms with Crippen molar-refractivity contribution in [2.24, 2.45) is 0 Å². The lowest BCUT2D eigenvalue weighted by molar-refractivity contribution is -0.0550. The molecule has 2 rings (SSSR count). The highest BCUT2D eigenvalue weighted by molar-refractivity contribution is 5.23. The first-order chi connectivity index (χ1) is 10.1. The minimum Gasteiger partial charge on any atom is -0.374 e. The van der Waals surface area contributed by atoms with Crippen molar-refractivity contribution in [3.8, 4) is 0 Å². The van der Waals surface area contributed by atoms with Crippen LogP contribution in [0.3, 0.4) is 0 Å². The first-order valence-electron chi connectivity index (χ1n) is 8.24. The maximum Gasteiger partial charge on any atom is 0.0858 e. The molecular formula is C18H30N2O. The molecule has 21 heavy (non-hydrogen) atoms. The molecule has 1 fully saturated rings. The lowest BCUT2D eigenvalue weighted by atomic mass is 9.98. The smallest absolute Gasteiger partial charge is 0.0858 e. The van der Waals surface area contributed by atoms with Gasteiger partial charge in [0.25, 0.3) is 0 Å². The van der Waals surface area contributed by atoms with Crippen LogP contribution < -0.4 is 5.32 Å². The standard InChI is InChI=1S/C18H30N2O/c1-5-19-17(12-16-8-6-7-15(4)11-16)18-13-20(14(2)3)9-10-21-18/h6-8,11,14,17-19H,5,9-10,12-13H2,1-4H3. The number of morpholine rings is 1. The largest absolute Gasteiger partial charge is 0.374 e. The zero-order chi connectivity index (χ0) is 15.2. The molecule has 3 heteroatoms. The van der Waals surface area contributed by atoms with E-state index in [-0.39, 0.29) is 6.10 Å². The van der Waals surface area contributed by atoms with Gasteiger partial charge in [-0.2, -0.15) is 0 Å². The van der Waals surface area contributed by atoms with Crippen molar-refractivity contribution in [1.29, 1.82) is 0 Å². The summed E-state index contributed by atoms with van der Waals surface area (Å²) in [5.74, 6) is 0. The van der Waals surface area contributed by atoms with Gasteiger partial charge in [-0.1, -0.05) is 36.8 Å². The van der Waals surface area contributed by atoms with Crippen molar-refractivity contribution in [3.63, 3.8) is 0 Å². The van der Waals surface area contributed by atoms with Crippen LogP contribution in [0.4, 0.5) is 0 Å². The molecule has 3 nitrogen and oxygen atoms in total. The molecule has 1 heterocycles. The number of hydrogen-bond acceptors (Lipinski definition) is 3. The van der Waals surface area contributed by atoms with Crippen molar-refractivity contribution >= 4 is 0 Å². The van der Waals surface area contributed by atoms with Gasteiger partial charge in [0.15, 0.2) is 0 Å². The van der Waals surface area contributed by atoms with Crippen LogP contribution in [-0.2, 0) is 11.2 Å². The van der Waals surface area contributed by atoms with E-state index in [0.29, 0.717) is 12.1 Å². The van der Waals surface area contributed by atoms with Crippen LogP contribution in [0.1, 0.15) is 31.9 Å². The van der Waals surface area contributed by atoms with E-state index in [4.69, 9.17) is 4.74 Å². The number of aryl methyl sites for hydroxylation is 1. The van der Waals surface area contributed by atoms with Gasteiger partial charge in [-0.05, 0) is 39.3 Å². The molecule has 0 saturated carbocycles. The normalized spacial score (nSPS) is 21.7. The van der Waals surface area contributed by atoms with Gasteiger partial charge in [0.2, 0.25) is 0 Å². The number of nitrogens with zero attached hydrogens (tertiary/aromatic N) is 1. The maximum atomic E-state index is 6.07. The van der Waals surface area contributed by atoms with E-state index in [1.54, 1.807) is 0 Å². The molecular weight excluding hydrogens is 260 g/mol. The average molecular weight is 290 g/mol. The Hall–Kier alpha value is -0.900. The summed E-state index contributed by atoms with van der Waals surface area (Å²) in [6.45, 7) is 12.8. The van der Waals surface area contributed by atoms with Gasteiger partial charge in [-0.3, -0.25) is 4.90 Å². The van der Waals surface area contributed by atoms with E-state index >= 15 is 0 Å². The number of nitrogens with one attached hydrogen (secondary N) is 1. The Balaban J connectivity index is 2.03. The summed E-state index contributed by atoms with van der Waals surface area (Å²) in [5.41, 5.74) is 2.72. The number of benzene rings is 1. The van der Waals surface area contributed by atoms with Gasteiger partial charge < -0.3 is 10.1 Å². The Morgan fingerprint density at radius 1 is 1.38 bits per heavy atom. The van der Waals surface area contributed by atoms with Crippen molar-refractivity contribution in [3.05, 3.63) is 35.4 Å². The third-order valence-electron chi connectivity index (χ3n) is 4.31. The number of likely N-dealkylation sites (N-methyl/N-ethyl adjacent to an activating group) is 1. The molecule has 0 aliphatic carbocycles. The SMILES string of the molecule is CCNC(Cc1cccc(C)c1)C1CN(C(C)C)CCO1. The minimum absolute atomic E-state index is 0.279. The lowest BCUT2D eigenvalue weighted by Gasteiger charge is -2.39. The number of rotatable bonds is 6. The third-order valence-corrected chi connectivity index (χ3v) is 4.31. The summed E-state index contributed by atoms with van der Waals surface area (Å²) in [7, 11) is 0. The van der Waals surface area contributed by atoms with Gasteiger partial charge in [-0.15, -0.1) is 0 Å². The number of ether oxygens (including phenoxy) is 1. The van der Waals surface area contributed by atoms with Crippen molar-refractivity contribution in [2.75, 3.05) is 26.2 Å². The predicted molar refractivity (Wildman–Crippen MR) is 88.8 cm³/mol. The van der Waals surface area contributed by atoms with E-state index < -0.39 is 0 Å². The predicted octanol–water partition coefficient (Wildman–Crippen LogP) is 2.62. The first-order valence-corrected chi connectivity index (χ1v) is 8.24. The Bertz CT molecular complexity index is 433. The van der Waals surface area contributed by atoms with Crippen LogP contribution in [-0.4, -0.2) is 49.3 Å². The molecule has 2 atom stereocenters. The van der Waals surface area contributed by atoms with E-state index in [0.717, 1.165) is 32.7 Å². The molecule has 1 N–H and O–H groups in total. The molecule has 0 spiro atoms. The quantitative estimate of drug-likeness (QED) is 0.871. The molecule has 1 saturated heterocycles. The summed E-state index contributed by atoms with van der Waals surface area (Å²) in [5, 5.41) is 3.63. The molecule has 0 radical (unpaired) electrons. The molecule has 0 amide bonds. The van der Waals surface area contributed by atoms with E-state index in [1.807, 2.05) is 0 Å². The minimum atomic E-state index is 0.279. The van der Waals surface area contributed by atoms with Gasteiger partial charge >= 0.3 is 0 Å². The Morgan fingerprint density at radius 2 is 2.19 bits per heavy atom. The fourth-order valence-corrected chi connectivity index (χ4v) is 3.10. The molecule has 0 aromatic heterocycles. The second kappa shape index (κ2) is 7.92. The zero-order valence-electron chi connectivity index (χ0n) is 13.9. The second-order valence-electron chi connectivity index (χ2n) is 6.36. The Kier molecular flexibility index (Phi) is 6.22. The summed E-state index contributed by atoms with van der Waals surface area (Å²) in [4.78, 5) is 2.52. The maximum absolute atomic E-state index is 6.07. The summed E-state index contributed by atoms with van der Waals surface area (Å²) >= 11 is 0. The molecule has 0 bridgehead atoms. The third kappa shape index (κ3) is 4.80. The molecule has 1 aromatic rings.